The molecule has 0 saturated heterocycles. The number of rotatable bonds is 10. The van der Waals surface area contributed by atoms with Crippen molar-refractivity contribution in [2.24, 2.45) is 11.8 Å². The lowest BCUT2D eigenvalue weighted by atomic mass is 9.85. The molecule has 0 heterocycles. The van der Waals surface area contributed by atoms with E-state index in [2.05, 4.69) is 31.0 Å². The van der Waals surface area contributed by atoms with Crippen LogP contribution in [-0.2, 0) is 16.1 Å². The highest BCUT2D eigenvalue weighted by Gasteiger charge is 2.27. The van der Waals surface area contributed by atoms with E-state index >= 15 is 0 Å². The molecule has 5 nitrogen and oxygen atoms in total. The van der Waals surface area contributed by atoms with Gasteiger partial charge in [0.1, 0.15) is 0 Å². The summed E-state index contributed by atoms with van der Waals surface area (Å²) < 4.78 is 0. The summed E-state index contributed by atoms with van der Waals surface area (Å²) in [5, 5.41) is 3.09. The fourth-order valence-electron chi connectivity index (χ4n) is 4.48. The van der Waals surface area contributed by atoms with Crippen molar-refractivity contribution in [3.8, 4) is 0 Å². The van der Waals surface area contributed by atoms with Gasteiger partial charge in [0.25, 0.3) is 0 Å². The molecule has 1 saturated carbocycles. The third kappa shape index (κ3) is 6.37. The van der Waals surface area contributed by atoms with Crippen molar-refractivity contribution < 1.29 is 9.59 Å². The van der Waals surface area contributed by atoms with Crippen molar-refractivity contribution in [3.05, 3.63) is 59.7 Å². The van der Waals surface area contributed by atoms with Crippen LogP contribution in [0.25, 0.3) is 0 Å². The second-order valence-corrected chi connectivity index (χ2v) is 9.84. The quantitative estimate of drug-likeness (QED) is 0.508. The molecule has 2 amide bonds. The van der Waals surface area contributed by atoms with E-state index in [4.69, 9.17) is 0 Å². The highest BCUT2D eigenvalue weighted by Crippen LogP contribution is 2.30. The summed E-state index contributed by atoms with van der Waals surface area (Å²) in [5.41, 5.74) is 3.97. The van der Waals surface area contributed by atoms with E-state index in [1.165, 1.54) is 0 Å². The number of nitrogens with one attached hydrogen (secondary N) is 1. The van der Waals surface area contributed by atoms with Gasteiger partial charge in [0.2, 0.25) is 11.8 Å². The number of carbonyl (C=O) groups excluding carboxylic acids is 2. The molecule has 1 atom stereocenters. The first-order valence-electron chi connectivity index (χ1n) is 12.2. The van der Waals surface area contributed by atoms with E-state index in [1.54, 1.807) is 0 Å². The number of carbonyl (C=O) groups is 2. The second kappa shape index (κ2) is 11.4. The van der Waals surface area contributed by atoms with Crippen molar-refractivity contribution in [1.29, 1.82) is 0 Å². The lowest BCUT2D eigenvalue weighted by Gasteiger charge is -2.31. The maximum atomic E-state index is 13.7. The third-order valence-corrected chi connectivity index (χ3v) is 6.47. The first-order chi connectivity index (χ1) is 15.8. The summed E-state index contributed by atoms with van der Waals surface area (Å²) in [6.45, 7) is 7.57. The molecule has 178 valence electrons. The maximum absolute atomic E-state index is 13.7. The molecule has 0 spiro atoms. The van der Waals surface area contributed by atoms with Gasteiger partial charge in [-0.2, -0.15) is 0 Å². The van der Waals surface area contributed by atoms with Crippen LogP contribution in [0, 0.1) is 11.8 Å². The average molecular weight is 450 g/mol. The first-order valence-corrected chi connectivity index (χ1v) is 12.2. The van der Waals surface area contributed by atoms with Gasteiger partial charge in [0, 0.05) is 44.5 Å². The molecule has 5 heteroatoms. The van der Waals surface area contributed by atoms with E-state index in [-0.39, 0.29) is 23.7 Å². The van der Waals surface area contributed by atoms with Crippen molar-refractivity contribution >= 4 is 23.2 Å². The van der Waals surface area contributed by atoms with Gasteiger partial charge in [0.05, 0.1) is 5.92 Å². The van der Waals surface area contributed by atoms with Crippen molar-refractivity contribution in [1.82, 2.24) is 4.90 Å². The van der Waals surface area contributed by atoms with Crippen molar-refractivity contribution in [2.75, 3.05) is 30.9 Å². The van der Waals surface area contributed by atoms with Crippen LogP contribution in [0.15, 0.2) is 48.5 Å². The summed E-state index contributed by atoms with van der Waals surface area (Å²) >= 11 is 0. The Morgan fingerprint density at radius 2 is 1.76 bits per heavy atom. The van der Waals surface area contributed by atoms with Gasteiger partial charge in [-0.3, -0.25) is 9.59 Å². The molecular formula is C28H39N3O2. The fourth-order valence-corrected chi connectivity index (χ4v) is 4.48. The van der Waals surface area contributed by atoms with Crippen molar-refractivity contribution in [3.63, 3.8) is 0 Å². The predicted molar refractivity (Wildman–Crippen MR) is 136 cm³/mol. The standard InChI is InChI=1S/C28H39N3O2/c1-6-25(21-11-8-7-9-12-21)28(33)31(18-20(2)3)19-23-17-24(15-16-26(23)30(4)5)29-27(32)22-13-10-14-22/h7-9,11-12,15-17,20,22,25H,6,10,13-14,18-19H2,1-5H3,(H,29,32)/t25-/m1/s1. The SMILES string of the molecule is CC[C@@H](C(=O)N(Cc1cc(NC(=O)C2CCC2)ccc1N(C)C)CC(C)C)c1ccccc1. The highest BCUT2D eigenvalue weighted by atomic mass is 16.2. The zero-order valence-electron chi connectivity index (χ0n) is 20.8. The largest absolute Gasteiger partial charge is 0.377 e. The zero-order chi connectivity index (χ0) is 24.0. The lowest BCUT2D eigenvalue weighted by molar-refractivity contribution is -0.134. The Morgan fingerprint density at radius 1 is 1.06 bits per heavy atom. The van der Waals surface area contributed by atoms with E-state index in [0.29, 0.717) is 19.0 Å². The molecule has 0 aromatic heterocycles. The van der Waals surface area contributed by atoms with Crippen LogP contribution in [0.4, 0.5) is 11.4 Å². The highest BCUT2D eigenvalue weighted by molar-refractivity contribution is 5.93. The summed E-state index contributed by atoms with van der Waals surface area (Å²) in [6, 6.07) is 16.1. The van der Waals surface area contributed by atoms with Gasteiger partial charge < -0.3 is 15.1 Å². The molecule has 2 aromatic rings. The van der Waals surface area contributed by atoms with Gasteiger partial charge in [-0.05, 0) is 54.5 Å². The Labute approximate surface area is 199 Å². The van der Waals surface area contributed by atoms with Crippen LogP contribution >= 0.6 is 0 Å². The third-order valence-electron chi connectivity index (χ3n) is 6.47. The fraction of sp³-hybridized carbons (Fsp3) is 0.500. The van der Waals surface area contributed by atoms with Crippen LogP contribution < -0.4 is 10.2 Å². The number of anilines is 2. The zero-order valence-corrected chi connectivity index (χ0v) is 20.8. The number of hydrogen-bond donors (Lipinski definition) is 1. The minimum Gasteiger partial charge on any atom is -0.377 e. The van der Waals surface area contributed by atoms with Crippen molar-refractivity contribution in [2.45, 2.75) is 58.9 Å². The van der Waals surface area contributed by atoms with Crippen LogP contribution in [0.2, 0.25) is 0 Å². The van der Waals surface area contributed by atoms with Crippen LogP contribution in [-0.4, -0.2) is 37.4 Å². The molecule has 0 radical (unpaired) electrons. The van der Waals surface area contributed by atoms with E-state index in [1.807, 2.05) is 67.5 Å². The summed E-state index contributed by atoms with van der Waals surface area (Å²) in [5.74, 6) is 0.596. The molecule has 1 N–H and O–H groups in total. The molecule has 2 aromatic carbocycles. The Morgan fingerprint density at radius 3 is 2.30 bits per heavy atom. The van der Waals surface area contributed by atoms with Gasteiger partial charge >= 0.3 is 0 Å². The molecule has 1 fully saturated rings. The number of hydrogen-bond acceptors (Lipinski definition) is 3. The number of nitrogens with zero attached hydrogens (tertiary/aromatic N) is 2. The van der Waals surface area contributed by atoms with Gasteiger partial charge in [-0.25, -0.2) is 0 Å². The van der Waals surface area contributed by atoms with Crippen LogP contribution in [0.5, 0.6) is 0 Å². The lowest BCUT2D eigenvalue weighted by Crippen LogP contribution is -2.37. The molecule has 0 bridgehead atoms. The summed E-state index contributed by atoms with van der Waals surface area (Å²) in [7, 11) is 4.03. The molecule has 0 aliphatic heterocycles. The Kier molecular flexibility index (Phi) is 8.54. The number of benzene rings is 2. The molecule has 0 unspecified atom stereocenters. The molecule has 1 aliphatic rings. The minimum absolute atomic E-state index is 0.107. The topological polar surface area (TPSA) is 52.7 Å². The predicted octanol–water partition coefficient (Wildman–Crippen LogP) is 5.67. The molecule has 3 rings (SSSR count). The smallest absolute Gasteiger partial charge is 0.230 e. The summed E-state index contributed by atoms with van der Waals surface area (Å²) in [4.78, 5) is 30.3. The van der Waals surface area contributed by atoms with Gasteiger partial charge in [-0.1, -0.05) is 57.5 Å². The van der Waals surface area contributed by atoms with Gasteiger partial charge in [0.15, 0.2) is 0 Å². The summed E-state index contributed by atoms with van der Waals surface area (Å²) in [6.07, 6.45) is 3.84. The van der Waals surface area contributed by atoms with E-state index < -0.39 is 0 Å². The Bertz CT molecular complexity index is 935. The van der Waals surface area contributed by atoms with E-state index in [9.17, 15) is 9.59 Å². The minimum atomic E-state index is -0.158. The Hall–Kier alpha value is -2.82. The monoisotopic (exact) mass is 449 g/mol. The molecule has 33 heavy (non-hydrogen) atoms. The van der Waals surface area contributed by atoms with E-state index in [0.717, 1.165) is 48.2 Å². The number of amides is 2. The average Bonchev–Trinajstić information content (AvgIpc) is 2.73. The molecule has 1 aliphatic carbocycles. The first kappa shape index (κ1) is 24.8. The van der Waals surface area contributed by atoms with Crippen LogP contribution in [0.1, 0.15) is 63.5 Å². The second-order valence-electron chi connectivity index (χ2n) is 9.84. The molecular weight excluding hydrogens is 410 g/mol. The Balaban J connectivity index is 1.88. The van der Waals surface area contributed by atoms with Gasteiger partial charge in [-0.15, -0.1) is 0 Å². The van der Waals surface area contributed by atoms with Crippen LogP contribution in [0.3, 0.4) is 0 Å². The maximum Gasteiger partial charge on any atom is 0.230 e. The normalized spacial score (nSPS) is 14.5.